The molecular formula is C25H26N6O3S. The molecule has 0 bridgehead atoms. The van der Waals surface area contributed by atoms with Gasteiger partial charge >= 0.3 is 0 Å². The molecule has 0 saturated heterocycles. The van der Waals surface area contributed by atoms with E-state index < -0.39 is 10.0 Å². The van der Waals surface area contributed by atoms with Crippen molar-refractivity contribution in [2.75, 3.05) is 22.5 Å². The number of methoxy groups -OCH3 is 1. The van der Waals surface area contributed by atoms with Gasteiger partial charge in [0.2, 0.25) is 0 Å². The number of rotatable bonds is 8. The van der Waals surface area contributed by atoms with Crippen LogP contribution in [0.15, 0.2) is 71.8 Å². The molecule has 0 aliphatic rings. The minimum Gasteiger partial charge on any atom is -0.495 e. The highest BCUT2D eigenvalue weighted by Crippen LogP contribution is 2.28. The smallest absolute Gasteiger partial charge is 0.265 e. The van der Waals surface area contributed by atoms with E-state index in [1.54, 1.807) is 61.7 Å². The maximum Gasteiger partial charge on any atom is 0.265 e. The molecule has 0 aliphatic carbocycles. The molecule has 2 heterocycles. The van der Waals surface area contributed by atoms with Crippen molar-refractivity contribution in [3.63, 3.8) is 0 Å². The molecule has 0 aliphatic heterocycles. The summed E-state index contributed by atoms with van der Waals surface area (Å²) in [6.45, 7) is 5.62. The fourth-order valence-corrected chi connectivity index (χ4v) is 4.72. The molecule has 0 atom stereocenters. The van der Waals surface area contributed by atoms with Crippen LogP contribution in [0.2, 0.25) is 0 Å². The Bertz CT molecular complexity index is 1460. The van der Waals surface area contributed by atoms with Gasteiger partial charge in [0.25, 0.3) is 10.0 Å². The van der Waals surface area contributed by atoms with Crippen LogP contribution < -0.4 is 20.1 Å². The first kappa shape index (κ1) is 24.0. The molecule has 0 saturated carbocycles. The summed E-state index contributed by atoms with van der Waals surface area (Å²) in [5.41, 5.74) is 3.06. The second kappa shape index (κ2) is 9.98. The number of nitrogens with zero attached hydrogens (tertiary/aromatic N) is 3. The highest BCUT2D eigenvalue weighted by Gasteiger charge is 2.20. The third kappa shape index (κ3) is 6.04. The number of hydrogen-bond acceptors (Lipinski definition) is 8. The van der Waals surface area contributed by atoms with Crippen LogP contribution >= 0.6 is 0 Å². The Balaban J connectivity index is 1.49. The van der Waals surface area contributed by atoms with Crippen LogP contribution in [0.3, 0.4) is 0 Å². The van der Waals surface area contributed by atoms with Crippen molar-refractivity contribution >= 4 is 38.9 Å². The molecule has 35 heavy (non-hydrogen) atoms. The standard InChI is InChI=1S/C25H26N6O3S/c1-16-5-10-21(34-4)22(13-16)35(32,33)31-20-8-6-19(7-9-20)29-24-15-25(28-18(3)27-24)30-23-14-17(2)11-12-26-23/h5-15,31H,1-4H3,(H2,26,27,28,29,30). The van der Waals surface area contributed by atoms with Crippen molar-refractivity contribution in [3.05, 3.63) is 83.8 Å². The second-order valence-corrected chi connectivity index (χ2v) is 9.64. The quantitative estimate of drug-likeness (QED) is 0.312. The maximum absolute atomic E-state index is 12.9. The first-order valence-corrected chi connectivity index (χ1v) is 12.3. The summed E-state index contributed by atoms with van der Waals surface area (Å²) in [5, 5.41) is 6.41. The summed E-state index contributed by atoms with van der Waals surface area (Å²) in [6.07, 6.45) is 1.73. The SMILES string of the molecule is COc1ccc(C)cc1S(=O)(=O)Nc1ccc(Nc2cc(Nc3cc(C)ccn3)nc(C)n2)cc1. The van der Waals surface area contributed by atoms with Gasteiger partial charge < -0.3 is 15.4 Å². The van der Waals surface area contributed by atoms with E-state index in [1.165, 1.54) is 7.11 Å². The van der Waals surface area contributed by atoms with Crippen LogP contribution in [0.5, 0.6) is 5.75 Å². The summed E-state index contributed by atoms with van der Waals surface area (Å²) >= 11 is 0. The van der Waals surface area contributed by atoms with Crippen molar-refractivity contribution in [1.29, 1.82) is 0 Å². The third-order valence-electron chi connectivity index (χ3n) is 5.03. The number of sulfonamides is 1. The van der Waals surface area contributed by atoms with Gasteiger partial charge in [0.05, 0.1) is 7.11 Å². The van der Waals surface area contributed by atoms with Crippen molar-refractivity contribution in [2.24, 2.45) is 0 Å². The van der Waals surface area contributed by atoms with Gasteiger partial charge in [-0.05, 0) is 80.4 Å². The monoisotopic (exact) mass is 490 g/mol. The van der Waals surface area contributed by atoms with Gasteiger partial charge in [-0.1, -0.05) is 6.07 Å². The molecule has 0 spiro atoms. The minimum absolute atomic E-state index is 0.0850. The van der Waals surface area contributed by atoms with Crippen molar-refractivity contribution in [2.45, 2.75) is 25.7 Å². The molecule has 0 amide bonds. The first-order valence-electron chi connectivity index (χ1n) is 10.8. The highest BCUT2D eigenvalue weighted by molar-refractivity contribution is 7.92. The molecule has 2 aromatic carbocycles. The molecule has 0 radical (unpaired) electrons. The Morgan fingerprint density at radius 1 is 0.743 bits per heavy atom. The Morgan fingerprint density at radius 2 is 1.40 bits per heavy atom. The van der Waals surface area contributed by atoms with Gasteiger partial charge in [0, 0.05) is 23.6 Å². The first-order chi connectivity index (χ1) is 16.7. The molecule has 0 unspecified atom stereocenters. The zero-order chi connectivity index (χ0) is 25.0. The van der Waals surface area contributed by atoms with E-state index in [-0.39, 0.29) is 10.6 Å². The Hall–Kier alpha value is -4.18. The van der Waals surface area contributed by atoms with E-state index >= 15 is 0 Å². The molecule has 9 nitrogen and oxygen atoms in total. The van der Waals surface area contributed by atoms with E-state index in [0.29, 0.717) is 29.0 Å². The molecule has 0 fully saturated rings. The number of aryl methyl sites for hydroxylation is 3. The fourth-order valence-electron chi connectivity index (χ4n) is 3.41. The lowest BCUT2D eigenvalue weighted by Crippen LogP contribution is -2.14. The zero-order valence-electron chi connectivity index (χ0n) is 19.8. The van der Waals surface area contributed by atoms with Crippen LogP contribution in [0.4, 0.5) is 28.8 Å². The number of benzene rings is 2. The maximum atomic E-state index is 12.9. The van der Waals surface area contributed by atoms with E-state index in [4.69, 9.17) is 4.74 Å². The van der Waals surface area contributed by atoms with Crippen molar-refractivity contribution in [1.82, 2.24) is 15.0 Å². The summed E-state index contributed by atoms with van der Waals surface area (Å²) in [6, 6.07) is 17.5. The van der Waals surface area contributed by atoms with Gasteiger partial charge in [-0.25, -0.2) is 23.4 Å². The number of pyridine rings is 1. The van der Waals surface area contributed by atoms with E-state index in [1.807, 2.05) is 26.0 Å². The Labute approximate surface area is 204 Å². The Morgan fingerprint density at radius 3 is 2.09 bits per heavy atom. The lowest BCUT2D eigenvalue weighted by molar-refractivity contribution is 0.402. The van der Waals surface area contributed by atoms with Crippen LogP contribution in [-0.2, 0) is 10.0 Å². The lowest BCUT2D eigenvalue weighted by Gasteiger charge is -2.13. The summed E-state index contributed by atoms with van der Waals surface area (Å²) < 4.78 is 33.7. The molecular weight excluding hydrogens is 464 g/mol. The zero-order valence-corrected chi connectivity index (χ0v) is 20.6. The van der Waals surface area contributed by atoms with Gasteiger partial charge in [0.1, 0.15) is 33.9 Å². The number of hydrogen-bond donors (Lipinski definition) is 3. The topological polar surface area (TPSA) is 118 Å². The molecule has 2 aromatic heterocycles. The number of aromatic nitrogens is 3. The molecule has 180 valence electrons. The van der Waals surface area contributed by atoms with E-state index in [2.05, 4.69) is 30.3 Å². The average molecular weight is 491 g/mol. The summed E-state index contributed by atoms with van der Waals surface area (Å²) in [4.78, 5) is 13.2. The van der Waals surface area contributed by atoms with E-state index in [0.717, 1.165) is 16.8 Å². The van der Waals surface area contributed by atoms with E-state index in [9.17, 15) is 8.42 Å². The van der Waals surface area contributed by atoms with Gasteiger partial charge in [-0.2, -0.15) is 0 Å². The third-order valence-corrected chi connectivity index (χ3v) is 6.43. The molecule has 4 rings (SSSR count). The predicted molar refractivity (Wildman–Crippen MR) is 137 cm³/mol. The summed E-state index contributed by atoms with van der Waals surface area (Å²) in [5.74, 6) is 2.75. The predicted octanol–water partition coefficient (Wildman–Crippen LogP) is 5.09. The number of ether oxygens (including phenoxy) is 1. The van der Waals surface area contributed by atoms with Crippen LogP contribution in [0, 0.1) is 20.8 Å². The normalized spacial score (nSPS) is 11.1. The average Bonchev–Trinajstić information content (AvgIpc) is 2.80. The number of nitrogens with one attached hydrogen (secondary N) is 3. The molecule has 3 N–H and O–H groups in total. The largest absolute Gasteiger partial charge is 0.495 e. The minimum atomic E-state index is -3.82. The molecule has 10 heteroatoms. The van der Waals surface area contributed by atoms with Crippen LogP contribution in [0.1, 0.15) is 17.0 Å². The number of anilines is 5. The van der Waals surface area contributed by atoms with Crippen LogP contribution in [-0.4, -0.2) is 30.5 Å². The Kier molecular flexibility index (Phi) is 6.83. The van der Waals surface area contributed by atoms with Gasteiger partial charge in [-0.15, -0.1) is 0 Å². The highest BCUT2D eigenvalue weighted by atomic mass is 32.2. The van der Waals surface area contributed by atoms with Crippen LogP contribution in [0.25, 0.3) is 0 Å². The molecule has 4 aromatic rings. The second-order valence-electron chi connectivity index (χ2n) is 7.99. The summed E-state index contributed by atoms with van der Waals surface area (Å²) in [7, 11) is -2.38. The van der Waals surface area contributed by atoms with Crippen molar-refractivity contribution < 1.29 is 13.2 Å². The van der Waals surface area contributed by atoms with Gasteiger partial charge in [0.15, 0.2) is 0 Å². The van der Waals surface area contributed by atoms with Crippen molar-refractivity contribution in [3.8, 4) is 5.75 Å². The lowest BCUT2D eigenvalue weighted by atomic mass is 10.2. The van der Waals surface area contributed by atoms with Gasteiger partial charge in [-0.3, -0.25) is 4.72 Å². The fraction of sp³-hybridized carbons (Fsp3) is 0.160.